The molecule has 0 bridgehead atoms. The Kier molecular flexibility index (Phi) is 5.91. The van der Waals surface area contributed by atoms with Gasteiger partial charge in [0, 0.05) is 16.6 Å². The van der Waals surface area contributed by atoms with Crippen molar-refractivity contribution in [1.29, 1.82) is 0 Å². The topological polar surface area (TPSA) is 81.4 Å². The Morgan fingerprint density at radius 1 is 0.970 bits per heavy atom. The fourth-order valence-corrected chi connectivity index (χ4v) is 4.21. The molecule has 0 saturated carbocycles. The minimum Gasteiger partial charge on any atom is -0.494 e. The number of carbonyl (C=O) groups is 1. The second-order valence-corrected chi connectivity index (χ2v) is 8.28. The zero-order valence-corrected chi connectivity index (χ0v) is 18.7. The molecule has 5 rings (SSSR count). The maximum absolute atomic E-state index is 12.6. The van der Waals surface area contributed by atoms with Gasteiger partial charge in [0.1, 0.15) is 10.8 Å². The minimum absolute atomic E-state index is 0.0891. The summed E-state index contributed by atoms with van der Waals surface area (Å²) in [5.74, 6) is 1.59. The molecule has 1 N–H and O–H groups in total. The first kappa shape index (κ1) is 21.0. The number of anilines is 1. The van der Waals surface area contributed by atoms with Gasteiger partial charge in [-0.2, -0.15) is 9.61 Å². The molecule has 164 valence electrons. The summed E-state index contributed by atoms with van der Waals surface area (Å²) in [5.41, 5.74) is 2.33. The largest absolute Gasteiger partial charge is 0.494 e. The highest BCUT2D eigenvalue weighted by Gasteiger charge is 2.12. The molecule has 33 heavy (non-hydrogen) atoms. The highest BCUT2D eigenvalue weighted by molar-refractivity contribution is 7.99. The van der Waals surface area contributed by atoms with Gasteiger partial charge >= 0.3 is 0 Å². The predicted molar refractivity (Wildman–Crippen MR) is 131 cm³/mol. The quantitative estimate of drug-likeness (QED) is 0.345. The Balaban J connectivity index is 1.31. The highest BCUT2D eigenvalue weighted by atomic mass is 32.2. The molecular formula is C25H21N5O2S. The van der Waals surface area contributed by atoms with Gasteiger partial charge in [-0.1, -0.05) is 48.2 Å². The van der Waals surface area contributed by atoms with E-state index in [-0.39, 0.29) is 11.7 Å². The number of fused-ring (bicyclic) bond motifs is 2. The van der Waals surface area contributed by atoms with Crippen molar-refractivity contribution in [3.8, 4) is 17.1 Å². The van der Waals surface area contributed by atoms with Gasteiger partial charge in [0.2, 0.25) is 5.91 Å². The van der Waals surface area contributed by atoms with E-state index in [1.807, 2.05) is 85.8 Å². The van der Waals surface area contributed by atoms with Crippen molar-refractivity contribution in [3.05, 3.63) is 78.9 Å². The van der Waals surface area contributed by atoms with Crippen LogP contribution in [0.4, 0.5) is 5.69 Å². The standard InChI is InChI=1S/C25H21N5O2S/c1-2-32-19-12-10-18(11-13-19)25-28-27-22-14-15-24(29-30(22)25)33-16-23(31)26-21-9-5-7-17-6-3-4-8-20(17)21/h3-15H,2,16H2,1H3,(H,26,31). The molecule has 0 unspecified atom stereocenters. The summed E-state index contributed by atoms with van der Waals surface area (Å²) < 4.78 is 7.20. The van der Waals surface area contributed by atoms with Crippen LogP contribution >= 0.6 is 11.8 Å². The fraction of sp³-hybridized carbons (Fsp3) is 0.120. The Bertz CT molecular complexity index is 1430. The Hall–Kier alpha value is -3.91. The van der Waals surface area contributed by atoms with E-state index in [1.165, 1.54) is 11.8 Å². The van der Waals surface area contributed by atoms with Crippen LogP contribution in [0.15, 0.2) is 83.9 Å². The lowest BCUT2D eigenvalue weighted by molar-refractivity contribution is -0.113. The van der Waals surface area contributed by atoms with Crippen LogP contribution in [0.1, 0.15) is 6.92 Å². The molecular weight excluding hydrogens is 434 g/mol. The van der Waals surface area contributed by atoms with Gasteiger partial charge in [-0.15, -0.1) is 10.2 Å². The summed E-state index contributed by atoms with van der Waals surface area (Å²) >= 11 is 1.36. The van der Waals surface area contributed by atoms with Crippen molar-refractivity contribution in [2.45, 2.75) is 11.9 Å². The number of amides is 1. The van der Waals surface area contributed by atoms with Crippen LogP contribution in [0.25, 0.3) is 27.8 Å². The first-order chi connectivity index (χ1) is 16.2. The summed E-state index contributed by atoms with van der Waals surface area (Å²) in [6.45, 7) is 2.56. The summed E-state index contributed by atoms with van der Waals surface area (Å²) in [7, 11) is 0. The smallest absolute Gasteiger partial charge is 0.234 e. The zero-order valence-electron chi connectivity index (χ0n) is 17.9. The number of benzene rings is 3. The van der Waals surface area contributed by atoms with Gasteiger partial charge in [-0.05, 0) is 54.8 Å². The Labute approximate surface area is 194 Å². The summed E-state index contributed by atoms with van der Waals surface area (Å²) in [6, 6.07) is 25.2. The number of ether oxygens (including phenoxy) is 1. The molecule has 8 heteroatoms. The first-order valence-corrected chi connectivity index (χ1v) is 11.6. The lowest BCUT2D eigenvalue weighted by Gasteiger charge is -2.08. The third kappa shape index (κ3) is 4.51. The molecule has 0 atom stereocenters. The van der Waals surface area contributed by atoms with E-state index in [0.29, 0.717) is 23.1 Å². The van der Waals surface area contributed by atoms with E-state index in [4.69, 9.17) is 4.74 Å². The molecule has 0 aliphatic rings. The van der Waals surface area contributed by atoms with E-state index >= 15 is 0 Å². The van der Waals surface area contributed by atoms with Gasteiger partial charge in [0.25, 0.3) is 0 Å². The normalized spacial score (nSPS) is 11.1. The van der Waals surface area contributed by atoms with Gasteiger partial charge in [-0.3, -0.25) is 4.79 Å². The lowest BCUT2D eigenvalue weighted by Crippen LogP contribution is -2.14. The summed E-state index contributed by atoms with van der Waals surface area (Å²) in [4.78, 5) is 12.6. The fourth-order valence-electron chi connectivity index (χ4n) is 3.56. The lowest BCUT2D eigenvalue weighted by atomic mass is 10.1. The number of hydrogen-bond acceptors (Lipinski definition) is 6. The molecule has 0 saturated heterocycles. The molecule has 0 fully saturated rings. The van der Waals surface area contributed by atoms with Crippen LogP contribution in [0.5, 0.6) is 5.75 Å². The van der Waals surface area contributed by atoms with E-state index in [9.17, 15) is 4.79 Å². The summed E-state index contributed by atoms with van der Waals surface area (Å²) in [5, 5.41) is 19.0. The van der Waals surface area contributed by atoms with Crippen LogP contribution in [0.3, 0.4) is 0 Å². The first-order valence-electron chi connectivity index (χ1n) is 10.6. The molecule has 0 radical (unpaired) electrons. The van der Waals surface area contributed by atoms with Crippen LogP contribution in [0, 0.1) is 0 Å². The monoisotopic (exact) mass is 455 g/mol. The second kappa shape index (κ2) is 9.30. The Morgan fingerprint density at radius 2 is 1.79 bits per heavy atom. The number of carbonyl (C=O) groups excluding carboxylic acids is 1. The molecule has 0 aliphatic carbocycles. The number of nitrogens with zero attached hydrogens (tertiary/aromatic N) is 4. The van der Waals surface area contributed by atoms with Gasteiger partial charge < -0.3 is 10.1 Å². The molecule has 1 amide bonds. The van der Waals surface area contributed by atoms with Crippen molar-refractivity contribution in [2.24, 2.45) is 0 Å². The number of aromatic nitrogens is 4. The van der Waals surface area contributed by atoms with Crippen molar-refractivity contribution in [1.82, 2.24) is 19.8 Å². The van der Waals surface area contributed by atoms with Crippen molar-refractivity contribution >= 4 is 39.8 Å². The van der Waals surface area contributed by atoms with E-state index in [0.717, 1.165) is 27.8 Å². The molecule has 2 aromatic heterocycles. The molecule has 2 heterocycles. The van der Waals surface area contributed by atoms with Crippen LogP contribution in [-0.4, -0.2) is 38.1 Å². The van der Waals surface area contributed by atoms with Crippen LogP contribution in [-0.2, 0) is 4.79 Å². The van der Waals surface area contributed by atoms with E-state index in [2.05, 4.69) is 20.6 Å². The average Bonchev–Trinajstić information content (AvgIpc) is 3.27. The average molecular weight is 456 g/mol. The molecule has 7 nitrogen and oxygen atoms in total. The number of thioether (sulfide) groups is 1. The number of nitrogens with one attached hydrogen (secondary N) is 1. The van der Waals surface area contributed by atoms with Crippen LogP contribution < -0.4 is 10.1 Å². The Morgan fingerprint density at radius 3 is 2.64 bits per heavy atom. The molecule has 0 spiro atoms. The molecule has 3 aromatic carbocycles. The molecule has 5 aromatic rings. The highest BCUT2D eigenvalue weighted by Crippen LogP contribution is 2.25. The van der Waals surface area contributed by atoms with Crippen molar-refractivity contribution < 1.29 is 9.53 Å². The van der Waals surface area contributed by atoms with Crippen molar-refractivity contribution in [2.75, 3.05) is 17.7 Å². The number of hydrogen-bond donors (Lipinski definition) is 1. The maximum Gasteiger partial charge on any atom is 0.234 e. The van der Waals surface area contributed by atoms with E-state index < -0.39 is 0 Å². The zero-order chi connectivity index (χ0) is 22.6. The maximum atomic E-state index is 12.6. The second-order valence-electron chi connectivity index (χ2n) is 7.29. The van der Waals surface area contributed by atoms with Crippen LogP contribution in [0.2, 0.25) is 0 Å². The van der Waals surface area contributed by atoms with Gasteiger partial charge in [0.15, 0.2) is 11.5 Å². The summed E-state index contributed by atoms with van der Waals surface area (Å²) in [6.07, 6.45) is 0. The third-order valence-electron chi connectivity index (χ3n) is 5.08. The minimum atomic E-state index is -0.0891. The van der Waals surface area contributed by atoms with E-state index in [1.54, 1.807) is 4.52 Å². The van der Waals surface area contributed by atoms with Gasteiger partial charge in [-0.25, -0.2) is 0 Å². The molecule has 0 aliphatic heterocycles. The van der Waals surface area contributed by atoms with Crippen molar-refractivity contribution in [3.63, 3.8) is 0 Å². The number of rotatable bonds is 7. The third-order valence-corrected chi connectivity index (χ3v) is 6.00. The predicted octanol–water partition coefficient (Wildman–Crippen LogP) is 5.07. The SMILES string of the molecule is CCOc1ccc(-c2nnc3ccc(SCC(=O)Nc4cccc5ccccc45)nn23)cc1. The van der Waals surface area contributed by atoms with Gasteiger partial charge in [0.05, 0.1) is 12.4 Å².